The first-order chi connectivity index (χ1) is 17.7. The van der Waals surface area contributed by atoms with Crippen LogP contribution >= 0.6 is 0 Å². The maximum atomic E-state index is 13.1. The normalized spacial score (nSPS) is 12.7. The van der Waals surface area contributed by atoms with Crippen molar-refractivity contribution in [2.75, 3.05) is 11.9 Å². The van der Waals surface area contributed by atoms with Gasteiger partial charge in [-0.3, -0.25) is 4.79 Å². The number of aryl methyl sites for hydroxylation is 1. The Bertz CT molecular complexity index is 1610. The summed E-state index contributed by atoms with van der Waals surface area (Å²) in [5, 5.41) is 13.1. The highest BCUT2D eigenvalue weighted by molar-refractivity contribution is 5.86. The Morgan fingerprint density at radius 2 is 2.03 bits per heavy atom. The standard InChI is InChI=1S/C26H23F3N6O2/c1-15-9-19(35-8-7-30-14-35)12-21-23(15)34-24(33-21)22-20(5-6-31-25(22)37)32-18(13-36)11-16-3-2-4-17(10-16)26(27,28)29/h2-10,12,14,18,36H,11,13H2,1H3,(H,33,34)(H2,31,32,37). The average Bonchev–Trinajstić information content (AvgIpc) is 3.54. The summed E-state index contributed by atoms with van der Waals surface area (Å²) in [6.45, 7) is 1.55. The van der Waals surface area contributed by atoms with Gasteiger partial charge in [-0.15, -0.1) is 0 Å². The van der Waals surface area contributed by atoms with Crippen LogP contribution in [0, 0.1) is 6.92 Å². The number of nitrogens with one attached hydrogen (secondary N) is 3. The van der Waals surface area contributed by atoms with Gasteiger partial charge in [-0.1, -0.05) is 18.2 Å². The molecule has 37 heavy (non-hydrogen) atoms. The van der Waals surface area contributed by atoms with Gasteiger partial charge in [-0.05, 0) is 48.7 Å². The van der Waals surface area contributed by atoms with Gasteiger partial charge < -0.3 is 25.0 Å². The molecule has 0 fully saturated rings. The maximum absolute atomic E-state index is 13.1. The predicted octanol–water partition coefficient (Wildman–Crippen LogP) is 4.45. The summed E-state index contributed by atoms with van der Waals surface area (Å²) in [5.74, 6) is 0.320. The Kier molecular flexibility index (Phi) is 6.30. The molecule has 8 nitrogen and oxygen atoms in total. The van der Waals surface area contributed by atoms with E-state index in [1.54, 1.807) is 24.7 Å². The highest BCUT2D eigenvalue weighted by Crippen LogP contribution is 2.31. The van der Waals surface area contributed by atoms with Crippen LogP contribution in [-0.4, -0.2) is 42.3 Å². The summed E-state index contributed by atoms with van der Waals surface area (Å²) in [5.41, 5.74) is 3.03. The Balaban J connectivity index is 1.48. The molecule has 0 aliphatic carbocycles. The van der Waals surface area contributed by atoms with Crippen molar-refractivity contribution >= 4 is 16.7 Å². The van der Waals surface area contributed by atoms with E-state index in [-0.39, 0.29) is 18.6 Å². The monoisotopic (exact) mass is 508 g/mol. The molecule has 1 unspecified atom stereocenters. The molecule has 0 saturated carbocycles. The number of H-pyrrole nitrogens is 2. The van der Waals surface area contributed by atoms with Crippen molar-refractivity contribution in [2.45, 2.75) is 25.6 Å². The number of rotatable bonds is 7. The zero-order valence-electron chi connectivity index (χ0n) is 19.7. The minimum atomic E-state index is -4.46. The number of nitrogens with zero attached hydrogens (tertiary/aromatic N) is 3. The molecule has 4 N–H and O–H groups in total. The second-order valence-electron chi connectivity index (χ2n) is 8.74. The number of aliphatic hydroxyl groups excluding tert-OH is 1. The van der Waals surface area contributed by atoms with E-state index in [4.69, 9.17) is 0 Å². The van der Waals surface area contributed by atoms with E-state index in [9.17, 15) is 23.1 Å². The summed E-state index contributed by atoms with van der Waals surface area (Å²) in [6, 6.07) is 9.79. The lowest BCUT2D eigenvalue weighted by atomic mass is 10.0. The first kappa shape index (κ1) is 24.3. The van der Waals surface area contributed by atoms with E-state index in [1.165, 1.54) is 12.3 Å². The van der Waals surface area contributed by atoms with E-state index in [1.807, 2.05) is 29.8 Å². The number of alkyl halides is 3. The Morgan fingerprint density at radius 1 is 1.19 bits per heavy atom. The van der Waals surface area contributed by atoms with Crippen molar-refractivity contribution in [2.24, 2.45) is 0 Å². The lowest BCUT2D eigenvalue weighted by Crippen LogP contribution is -2.28. The molecule has 0 radical (unpaired) electrons. The van der Waals surface area contributed by atoms with Crippen LogP contribution in [0.5, 0.6) is 0 Å². The molecule has 190 valence electrons. The van der Waals surface area contributed by atoms with Gasteiger partial charge in [0, 0.05) is 24.3 Å². The number of hydrogen-bond acceptors (Lipinski definition) is 5. The first-order valence-electron chi connectivity index (χ1n) is 11.5. The summed E-state index contributed by atoms with van der Waals surface area (Å²) in [7, 11) is 0. The minimum Gasteiger partial charge on any atom is -0.394 e. The Morgan fingerprint density at radius 3 is 2.76 bits per heavy atom. The molecule has 0 saturated heterocycles. The van der Waals surface area contributed by atoms with Crippen LogP contribution < -0.4 is 10.9 Å². The molecule has 3 heterocycles. The predicted molar refractivity (Wildman–Crippen MR) is 134 cm³/mol. The fourth-order valence-corrected chi connectivity index (χ4v) is 4.33. The van der Waals surface area contributed by atoms with E-state index in [0.29, 0.717) is 22.6 Å². The minimum absolute atomic E-state index is 0.111. The van der Waals surface area contributed by atoms with Crippen molar-refractivity contribution in [1.29, 1.82) is 0 Å². The molecule has 0 aliphatic rings. The molecule has 0 bridgehead atoms. The number of benzene rings is 2. The third-order valence-electron chi connectivity index (χ3n) is 6.08. The Hall–Kier alpha value is -4.38. The van der Waals surface area contributed by atoms with E-state index in [0.717, 1.165) is 28.9 Å². The smallest absolute Gasteiger partial charge is 0.394 e. The van der Waals surface area contributed by atoms with Crippen LogP contribution in [-0.2, 0) is 12.6 Å². The Labute approximate surface area is 208 Å². The number of hydrogen-bond donors (Lipinski definition) is 4. The maximum Gasteiger partial charge on any atom is 0.416 e. The number of fused-ring (bicyclic) bond motifs is 1. The lowest BCUT2D eigenvalue weighted by molar-refractivity contribution is -0.137. The number of pyridine rings is 1. The summed E-state index contributed by atoms with van der Waals surface area (Å²) in [4.78, 5) is 27.5. The first-order valence-corrected chi connectivity index (χ1v) is 11.5. The van der Waals surface area contributed by atoms with Crippen molar-refractivity contribution in [3.05, 3.63) is 94.4 Å². The molecule has 11 heteroatoms. The van der Waals surface area contributed by atoms with Gasteiger partial charge in [0.2, 0.25) is 0 Å². The number of aliphatic hydroxyl groups is 1. The largest absolute Gasteiger partial charge is 0.416 e. The topological polar surface area (TPSA) is 112 Å². The summed E-state index contributed by atoms with van der Waals surface area (Å²) in [6.07, 6.45) is 2.28. The van der Waals surface area contributed by atoms with Crippen molar-refractivity contribution in [3.63, 3.8) is 0 Å². The van der Waals surface area contributed by atoms with E-state index >= 15 is 0 Å². The molecular formula is C26H23F3N6O2. The van der Waals surface area contributed by atoms with Gasteiger partial charge in [-0.25, -0.2) is 9.97 Å². The van der Waals surface area contributed by atoms with Crippen molar-refractivity contribution < 1.29 is 18.3 Å². The fraction of sp³-hybridized carbons (Fsp3) is 0.192. The molecule has 0 aliphatic heterocycles. The quantitative estimate of drug-likeness (QED) is 0.260. The van der Waals surface area contributed by atoms with Crippen LogP contribution in [0.1, 0.15) is 16.7 Å². The molecule has 0 spiro atoms. The van der Waals surface area contributed by atoms with Crippen LogP contribution in [0.2, 0.25) is 0 Å². The van der Waals surface area contributed by atoms with Crippen molar-refractivity contribution in [1.82, 2.24) is 24.5 Å². The fourth-order valence-electron chi connectivity index (χ4n) is 4.33. The van der Waals surface area contributed by atoms with Crippen LogP contribution in [0.3, 0.4) is 0 Å². The van der Waals surface area contributed by atoms with Gasteiger partial charge in [0.15, 0.2) is 0 Å². The molecule has 3 aromatic heterocycles. The second kappa shape index (κ2) is 9.58. The van der Waals surface area contributed by atoms with Gasteiger partial charge in [-0.2, -0.15) is 13.2 Å². The third-order valence-corrected chi connectivity index (χ3v) is 6.08. The number of aromatic amines is 2. The summed E-state index contributed by atoms with van der Waals surface area (Å²) < 4.78 is 41.2. The number of halogens is 3. The van der Waals surface area contributed by atoms with E-state index in [2.05, 4.69) is 25.3 Å². The number of aromatic nitrogens is 5. The zero-order chi connectivity index (χ0) is 26.2. The molecule has 2 aromatic carbocycles. The zero-order valence-corrected chi connectivity index (χ0v) is 19.7. The van der Waals surface area contributed by atoms with Gasteiger partial charge in [0.05, 0.1) is 41.3 Å². The second-order valence-corrected chi connectivity index (χ2v) is 8.74. The van der Waals surface area contributed by atoms with Crippen LogP contribution in [0.15, 0.2) is 72.2 Å². The van der Waals surface area contributed by atoms with Crippen LogP contribution in [0.4, 0.5) is 18.9 Å². The molecule has 5 aromatic rings. The van der Waals surface area contributed by atoms with Gasteiger partial charge >= 0.3 is 6.18 Å². The van der Waals surface area contributed by atoms with Gasteiger partial charge in [0.1, 0.15) is 11.4 Å². The van der Waals surface area contributed by atoms with Crippen molar-refractivity contribution in [3.8, 4) is 17.1 Å². The van der Waals surface area contributed by atoms with Gasteiger partial charge in [0.25, 0.3) is 5.56 Å². The lowest BCUT2D eigenvalue weighted by Gasteiger charge is -2.20. The summed E-state index contributed by atoms with van der Waals surface area (Å²) >= 11 is 0. The highest BCUT2D eigenvalue weighted by atomic mass is 19.4. The number of anilines is 1. The average molecular weight is 509 g/mol. The molecule has 0 amide bonds. The molecule has 1 atom stereocenters. The highest BCUT2D eigenvalue weighted by Gasteiger charge is 2.30. The number of imidazole rings is 2. The molecular weight excluding hydrogens is 485 g/mol. The van der Waals surface area contributed by atoms with E-state index < -0.39 is 23.3 Å². The molecule has 5 rings (SSSR count). The third kappa shape index (κ3) is 4.98. The van der Waals surface area contributed by atoms with Crippen LogP contribution in [0.25, 0.3) is 28.1 Å². The SMILES string of the molecule is Cc1cc(-n2ccnc2)cc2[nH]c(-c3c(NC(CO)Cc4cccc(C(F)(F)F)c4)cc[nH]c3=O)nc12.